The highest BCUT2D eigenvalue weighted by atomic mass is 31.2. The summed E-state index contributed by atoms with van der Waals surface area (Å²) < 4.78 is 26.4. The zero-order valence-electron chi connectivity index (χ0n) is 33.7. The second-order valence-corrected chi connectivity index (χ2v) is 15.9. The molecule has 0 aromatic rings. The maximum absolute atomic E-state index is 12.4. The van der Waals surface area contributed by atoms with Crippen LogP contribution in [0.25, 0.3) is 0 Å². The number of ether oxygens (including phenoxy) is 2. The summed E-state index contributed by atoms with van der Waals surface area (Å²) in [5.41, 5.74) is 0. The van der Waals surface area contributed by atoms with E-state index in [1.54, 1.807) is 0 Å². The van der Waals surface area contributed by atoms with Gasteiger partial charge in [-0.25, -0.2) is 4.57 Å². The van der Waals surface area contributed by atoms with Gasteiger partial charge in [0.25, 0.3) is 0 Å². The Morgan fingerprint density at radius 3 is 1.17 bits per heavy atom. The first-order valence-electron chi connectivity index (χ1n) is 21.6. The second-order valence-electron chi connectivity index (χ2n) is 14.7. The number of hydrogen-bond donors (Lipinski definition) is 2. The number of carbonyl (C=O) groups excluding carboxylic acids is 2. The predicted octanol–water partition coefficient (Wildman–Crippen LogP) is 13.2. The van der Waals surface area contributed by atoms with E-state index in [0.717, 1.165) is 51.4 Å². The average Bonchev–Trinajstić information content (AvgIpc) is 3.11. The van der Waals surface area contributed by atoms with E-state index >= 15 is 0 Å². The highest BCUT2D eigenvalue weighted by Gasteiger charge is 2.22. The van der Waals surface area contributed by atoms with E-state index in [-0.39, 0.29) is 19.4 Å². The summed E-state index contributed by atoms with van der Waals surface area (Å²) in [5, 5.41) is 0. The van der Waals surface area contributed by atoms with Gasteiger partial charge in [-0.3, -0.25) is 14.1 Å². The van der Waals surface area contributed by atoms with Crippen LogP contribution in [0.2, 0.25) is 0 Å². The summed E-state index contributed by atoms with van der Waals surface area (Å²) in [6.07, 6.45) is 44.7. The van der Waals surface area contributed by atoms with Gasteiger partial charge in [0.05, 0.1) is 6.61 Å². The number of phosphoric ester groups is 1. The minimum atomic E-state index is -4.75. The van der Waals surface area contributed by atoms with Crippen LogP contribution in [0.5, 0.6) is 0 Å². The molecule has 0 fully saturated rings. The molecule has 0 unspecified atom stereocenters. The number of rotatable bonds is 40. The Morgan fingerprint density at radius 1 is 0.481 bits per heavy atom. The molecular formula is C43H81O8P. The first kappa shape index (κ1) is 50.5. The first-order chi connectivity index (χ1) is 25.3. The Balaban J connectivity index is 3.89. The molecule has 8 nitrogen and oxygen atoms in total. The van der Waals surface area contributed by atoms with Crippen molar-refractivity contribution in [1.82, 2.24) is 0 Å². The molecule has 0 heterocycles. The lowest BCUT2D eigenvalue weighted by Gasteiger charge is -2.18. The minimum absolute atomic E-state index is 0.210. The van der Waals surface area contributed by atoms with Crippen molar-refractivity contribution in [2.24, 2.45) is 0 Å². The van der Waals surface area contributed by atoms with E-state index in [9.17, 15) is 14.2 Å². The maximum atomic E-state index is 12.4. The van der Waals surface area contributed by atoms with Crippen molar-refractivity contribution in [3.63, 3.8) is 0 Å². The molecule has 0 amide bonds. The van der Waals surface area contributed by atoms with Crippen molar-refractivity contribution >= 4 is 19.8 Å². The van der Waals surface area contributed by atoms with Crippen LogP contribution in [-0.2, 0) is 28.2 Å². The fourth-order valence-electron chi connectivity index (χ4n) is 6.19. The van der Waals surface area contributed by atoms with Gasteiger partial charge in [0, 0.05) is 12.8 Å². The fraction of sp³-hybridized carbons (Fsp3) is 0.860. The maximum Gasteiger partial charge on any atom is 0.469 e. The molecule has 0 aliphatic heterocycles. The highest BCUT2D eigenvalue weighted by molar-refractivity contribution is 7.46. The molecule has 0 saturated heterocycles. The lowest BCUT2D eigenvalue weighted by Crippen LogP contribution is -2.29. The van der Waals surface area contributed by atoms with Crippen LogP contribution in [0, 0.1) is 0 Å². The molecule has 9 heteroatoms. The third kappa shape index (κ3) is 41.3. The van der Waals surface area contributed by atoms with Gasteiger partial charge >= 0.3 is 19.8 Å². The second kappa shape index (κ2) is 39.2. The molecule has 0 radical (unpaired) electrons. The van der Waals surface area contributed by atoms with E-state index in [2.05, 4.69) is 42.7 Å². The van der Waals surface area contributed by atoms with Crippen LogP contribution < -0.4 is 0 Å². The number of phosphoric acid groups is 1. The first-order valence-corrected chi connectivity index (χ1v) is 23.2. The molecule has 0 aliphatic rings. The largest absolute Gasteiger partial charge is 0.469 e. The van der Waals surface area contributed by atoms with E-state index in [4.69, 9.17) is 19.3 Å². The molecule has 0 saturated carbocycles. The van der Waals surface area contributed by atoms with Crippen LogP contribution in [-0.4, -0.2) is 41.0 Å². The van der Waals surface area contributed by atoms with Crippen LogP contribution >= 0.6 is 7.82 Å². The SMILES string of the molecule is CCCCCCCC/C=C\CCCCCCCCCCCC(=O)O[C@H](COC(=O)CCCCCCC/C=C\CCCCCCCC)COP(=O)(O)O. The fourth-order valence-corrected chi connectivity index (χ4v) is 6.55. The van der Waals surface area contributed by atoms with Gasteiger partial charge in [0.2, 0.25) is 0 Å². The summed E-state index contributed by atoms with van der Waals surface area (Å²) in [7, 11) is -4.75. The third-order valence-electron chi connectivity index (χ3n) is 9.44. The van der Waals surface area contributed by atoms with E-state index < -0.39 is 32.5 Å². The Hall–Kier alpha value is -1.47. The molecule has 0 aromatic carbocycles. The average molecular weight is 757 g/mol. The number of unbranched alkanes of at least 4 members (excludes halogenated alkanes) is 26. The minimum Gasteiger partial charge on any atom is -0.462 e. The van der Waals surface area contributed by atoms with Crippen molar-refractivity contribution in [2.75, 3.05) is 13.2 Å². The topological polar surface area (TPSA) is 119 Å². The lowest BCUT2D eigenvalue weighted by atomic mass is 10.1. The summed E-state index contributed by atoms with van der Waals surface area (Å²) in [6, 6.07) is 0. The van der Waals surface area contributed by atoms with Crippen molar-refractivity contribution in [3.05, 3.63) is 24.3 Å². The predicted molar refractivity (Wildman–Crippen MR) is 216 cm³/mol. The Kier molecular flexibility index (Phi) is 38.1. The van der Waals surface area contributed by atoms with Crippen molar-refractivity contribution < 1.29 is 37.9 Å². The summed E-state index contributed by atoms with van der Waals surface area (Å²) in [5.74, 6) is -0.890. The molecule has 1 atom stereocenters. The smallest absolute Gasteiger partial charge is 0.462 e. The van der Waals surface area contributed by atoms with E-state index in [1.807, 2.05) is 0 Å². The standard InChI is InChI=1S/C43H81O8P/c1-3-5-7-9-11-13-15-17-19-20-21-22-24-26-28-30-32-34-36-38-43(45)51-41(40-50-52(46,47)48)39-49-42(44)37-35-33-31-29-27-25-23-18-16-14-12-10-8-6-4-2/h17-19,23,41H,3-16,20-22,24-40H2,1-2H3,(H2,46,47,48)/b19-17-,23-18-/t41-/m1/s1. The molecule has 52 heavy (non-hydrogen) atoms. The van der Waals surface area contributed by atoms with E-state index in [1.165, 1.54) is 128 Å². The number of esters is 2. The number of carbonyl (C=O) groups is 2. The molecular weight excluding hydrogens is 675 g/mol. The normalized spacial score (nSPS) is 12.6. The van der Waals surface area contributed by atoms with Crippen LogP contribution in [0.4, 0.5) is 0 Å². The van der Waals surface area contributed by atoms with Crippen LogP contribution in [0.3, 0.4) is 0 Å². The van der Waals surface area contributed by atoms with Gasteiger partial charge in [0.15, 0.2) is 6.10 Å². The summed E-state index contributed by atoms with van der Waals surface area (Å²) >= 11 is 0. The summed E-state index contributed by atoms with van der Waals surface area (Å²) in [6.45, 7) is 3.68. The number of hydrogen-bond acceptors (Lipinski definition) is 6. The molecule has 2 N–H and O–H groups in total. The van der Waals surface area contributed by atoms with Gasteiger partial charge in [-0.15, -0.1) is 0 Å². The van der Waals surface area contributed by atoms with Crippen LogP contribution in [0.15, 0.2) is 24.3 Å². The monoisotopic (exact) mass is 757 g/mol. The Bertz CT molecular complexity index is 900. The zero-order valence-corrected chi connectivity index (χ0v) is 34.6. The van der Waals surface area contributed by atoms with Gasteiger partial charge in [0.1, 0.15) is 6.61 Å². The molecule has 306 valence electrons. The van der Waals surface area contributed by atoms with Gasteiger partial charge < -0.3 is 19.3 Å². The Morgan fingerprint density at radius 2 is 0.808 bits per heavy atom. The molecule has 0 spiro atoms. The number of allylic oxidation sites excluding steroid dienone is 4. The van der Waals surface area contributed by atoms with Gasteiger partial charge in [-0.05, 0) is 64.2 Å². The summed E-state index contributed by atoms with van der Waals surface area (Å²) in [4.78, 5) is 42.9. The molecule has 0 aromatic heterocycles. The van der Waals surface area contributed by atoms with Crippen molar-refractivity contribution in [3.8, 4) is 0 Å². The van der Waals surface area contributed by atoms with Gasteiger partial charge in [-0.2, -0.15) is 0 Å². The zero-order chi connectivity index (χ0) is 38.2. The Labute approximate surface area is 319 Å². The lowest BCUT2D eigenvalue weighted by molar-refractivity contribution is -0.161. The van der Waals surface area contributed by atoms with Crippen LogP contribution in [0.1, 0.15) is 219 Å². The van der Waals surface area contributed by atoms with E-state index in [0.29, 0.717) is 12.8 Å². The third-order valence-corrected chi connectivity index (χ3v) is 9.93. The molecule has 0 aliphatic carbocycles. The molecule has 0 bridgehead atoms. The molecule has 0 rings (SSSR count). The van der Waals surface area contributed by atoms with Gasteiger partial charge in [-0.1, -0.05) is 167 Å². The quantitative estimate of drug-likeness (QED) is 0.0274. The van der Waals surface area contributed by atoms with Crippen molar-refractivity contribution in [2.45, 2.75) is 225 Å². The highest BCUT2D eigenvalue weighted by Crippen LogP contribution is 2.36. The van der Waals surface area contributed by atoms with Crippen molar-refractivity contribution in [1.29, 1.82) is 0 Å².